The molecule has 82 valence electrons. The molecule has 0 bridgehead atoms. The van der Waals surface area contributed by atoms with E-state index in [2.05, 4.69) is 19.1 Å². The van der Waals surface area contributed by atoms with E-state index >= 15 is 0 Å². The summed E-state index contributed by atoms with van der Waals surface area (Å²) in [6, 6.07) is 8.22. The van der Waals surface area contributed by atoms with Gasteiger partial charge in [-0.15, -0.1) is 0 Å². The molecule has 1 aromatic carbocycles. The molecule has 2 heteroatoms. The van der Waals surface area contributed by atoms with Gasteiger partial charge in [-0.3, -0.25) is 4.79 Å². The maximum absolute atomic E-state index is 11.6. The predicted octanol–water partition coefficient (Wildman–Crippen LogP) is 3.01. The molecule has 0 saturated carbocycles. The summed E-state index contributed by atoms with van der Waals surface area (Å²) in [7, 11) is 0. The number of carbonyl (C=O) groups excluding carboxylic acids is 1. The standard InChI is InChI=1S/C13H19NO/c1-4-11-7-9-12(10-8-11)14(6-3)13(15)5-2/h7-10H,4-6H2,1-3H3. The number of carbonyl (C=O) groups is 1. The van der Waals surface area contributed by atoms with Gasteiger partial charge in [-0.2, -0.15) is 0 Å². The summed E-state index contributed by atoms with van der Waals surface area (Å²) in [5.41, 5.74) is 2.31. The van der Waals surface area contributed by atoms with Gasteiger partial charge in [0.2, 0.25) is 5.91 Å². The zero-order valence-corrected chi connectivity index (χ0v) is 9.79. The molecule has 0 atom stereocenters. The Morgan fingerprint density at radius 2 is 1.73 bits per heavy atom. The Labute approximate surface area is 91.9 Å². The van der Waals surface area contributed by atoms with Crippen LogP contribution in [0.3, 0.4) is 0 Å². The highest BCUT2D eigenvalue weighted by atomic mass is 16.2. The van der Waals surface area contributed by atoms with Crippen LogP contribution in [0.15, 0.2) is 24.3 Å². The van der Waals surface area contributed by atoms with E-state index in [1.807, 2.05) is 30.9 Å². The number of hydrogen-bond donors (Lipinski definition) is 0. The predicted molar refractivity (Wildman–Crippen MR) is 64.1 cm³/mol. The summed E-state index contributed by atoms with van der Waals surface area (Å²) >= 11 is 0. The van der Waals surface area contributed by atoms with Crippen molar-refractivity contribution in [1.29, 1.82) is 0 Å². The Hall–Kier alpha value is -1.31. The molecule has 2 nitrogen and oxygen atoms in total. The number of rotatable bonds is 4. The van der Waals surface area contributed by atoms with Crippen LogP contribution in [-0.4, -0.2) is 12.5 Å². The largest absolute Gasteiger partial charge is 0.313 e. The van der Waals surface area contributed by atoms with Crippen LogP contribution in [0.25, 0.3) is 0 Å². The third-order valence-corrected chi connectivity index (χ3v) is 2.58. The molecule has 0 saturated heterocycles. The van der Waals surface area contributed by atoms with Crippen molar-refractivity contribution >= 4 is 11.6 Å². The fourth-order valence-corrected chi connectivity index (χ4v) is 1.61. The van der Waals surface area contributed by atoms with Gasteiger partial charge in [0.1, 0.15) is 0 Å². The Morgan fingerprint density at radius 3 is 2.13 bits per heavy atom. The smallest absolute Gasteiger partial charge is 0.226 e. The van der Waals surface area contributed by atoms with Crippen LogP contribution in [-0.2, 0) is 11.2 Å². The molecular weight excluding hydrogens is 186 g/mol. The van der Waals surface area contributed by atoms with E-state index in [1.165, 1.54) is 5.56 Å². The van der Waals surface area contributed by atoms with Crippen LogP contribution in [0.2, 0.25) is 0 Å². The minimum atomic E-state index is 0.182. The number of hydrogen-bond acceptors (Lipinski definition) is 1. The molecule has 0 aliphatic carbocycles. The van der Waals surface area contributed by atoms with Crippen molar-refractivity contribution in [2.24, 2.45) is 0 Å². The van der Waals surface area contributed by atoms with E-state index in [0.29, 0.717) is 6.42 Å². The van der Waals surface area contributed by atoms with Gasteiger partial charge in [0.25, 0.3) is 0 Å². The SMILES string of the molecule is CCC(=O)N(CC)c1ccc(CC)cc1. The summed E-state index contributed by atoms with van der Waals surface area (Å²) in [6.45, 7) is 6.76. The monoisotopic (exact) mass is 205 g/mol. The Bertz CT molecular complexity index is 316. The fraction of sp³-hybridized carbons (Fsp3) is 0.462. The van der Waals surface area contributed by atoms with Gasteiger partial charge in [0.15, 0.2) is 0 Å². The average molecular weight is 205 g/mol. The van der Waals surface area contributed by atoms with Gasteiger partial charge >= 0.3 is 0 Å². The van der Waals surface area contributed by atoms with Gasteiger partial charge in [0, 0.05) is 18.7 Å². The van der Waals surface area contributed by atoms with Gasteiger partial charge < -0.3 is 4.90 Å². The summed E-state index contributed by atoms with van der Waals surface area (Å²) in [6.07, 6.45) is 1.59. The third-order valence-electron chi connectivity index (χ3n) is 2.58. The fourth-order valence-electron chi connectivity index (χ4n) is 1.61. The van der Waals surface area contributed by atoms with Crippen molar-refractivity contribution in [3.05, 3.63) is 29.8 Å². The number of benzene rings is 1. The molecule has 1 aromatic rings. The van der Waals surface area contributed by atoms with Crippen molar-refractivity contribution in [3.8, 4) is 0 Å². The highest BCUT2D eigenvalue weighted by molar-refractivity contribution is 5.93. The quantitative estimate of drug-likeness (QED) is 0.740. The second-order valence-electron chi connectivity index (χ2n) is 3.51. The summed E-state index contributed by atoms with van der Waals surface area (Å²) in [4.78, 5) is 13.4. The van der Waals surface area contributed by atoms with Crippen molar-refractivity contribution in [2.75, 3.05) is 11.4 Å². The highest BCUT2D eigenvalue weighted by Gasteiger charge is 2.10. The summed E-state index contributed by atoms with van der Waals surface area (Å²) in [5.74, 6) is 0.182. The molecular formula is C13H19NO. The van der Waals surface area contributed by atoms with E-state index in [0.717, 1.165) is 18.7 Å². The molecule has 0 unspecified atom stereocenters. The molecule has 15 heavy (non-hydrogen) atoms. The summed E-state index contributed by atoms with van der Waals surface area (Å²) < 4.78 is 0. The Kier molecular flexibility index (Phi) is 4.35. The second kappa shape index (κ2) is 5.54. The van der Waals surface area contributed by atoms with Gasteiger partial charge in [-0.1, -0.05) is 26.0 Å². The molecule has 1 amide bonds. The lowest BCUT2D eigenvalue weighted by Crippen LogP contribution is -2.29. The topological polar surface area (TPSA) is 20.3 Å². The van der Waals surface area contributed by atoms with E-state index < -0.39 is 0 Å². The van der Waals surface area contributed by atoms with Crippen LogP contribution in [0.1, 0.15) is 32.8 Å². The Balaban J connectivity index is 2.87. The summed E-state index contributed by atoms with van der Waals surface area (Å²) in [5, 5.41) is 0. The first kappa shape index (κ1) is 11.8. The van der Waals surface area contributed by atoms with Crippen molar-refractivity contribution in [1.82, 2.24) is 0 Å². The number of anilines is 1. The van der Waals surface area contributed by atoms with Crippen molar-refractivity contribution < 1.29 is 4.79 Å². The van der Waals surface area contributed by atoms with Crippen LogP contribution >= 0.6 is 0 Å². The third kappa shape index (κ3) is 2.82. The second-order valence-corrected chi connectivity index (χ2v) is 3.51. The first-order chi connectivity index (χ1) is 7.22. The van der Waals surface area contributed by atoms with Crippen molar-refractivity contribution in [3.63, 3.8) is 0 Å². The van der Waals surface area contributed by atoms with Crippen LogP contribution < -0.4 is 4.90 Å². The molecule has 1 rings (SSSR count). The maximum Gasteiger partial charge on any atom is 0.226 e. The number of aryl methyl sites for hydroxylation is 1. The minimum Gasteiger partial charge on any atom is -0.313 e. The van der Waals surface area contributed by atoms with Crippen LogP contribution in [0, 0.1) is 0 Å². The molecule has 0 heterocycles. The molecule has 0 aliphatic heterocycles. The first-order valence-corrected chi connectivity index (χ1v) is 5.62. The Morgan fingerprint density at radius 1 is 1.13 bits per heavy atom. The number of amides is 1. The van der Waals surface area contributed by atoms with Crippen LogP contribution in [0.5, 0.6) is 0 Å². The lowest BCUT2D eigenvalue weighted by molar-refractivity contribution is -0.118. The lowest BCUT2D eigenvalue weighted by Gasteiger charge is -2.20. The number of nitrogens with zero attached hydrogens (tertiary/aromatic N) is 1. The molecule has 0 fully saturated rings. The molecule has 0 N–H and O–H groups in total. The van der Waals surface area contributed by atoms with Gasteiger partial charge in [0.05, 0.1) is 0 Å². The maximum atomic E-state index is 11.6. The van der Waals surface area contributed by atoms with E-state index in [1.54, 1.807) is 0 Å². The van der Waals surface area contributed by atoms with Gasteiger partial charge in [-0.05, 0) is 31.0 Å². The molecule has 0 radical (unpaired) electrons. The average Bonchev–Trinajstić information content (AvgIpc) is 2.30. The van der Waals surface area contributed by atoms with E-state index in [-0.39, 0.29) is 5.91 Å². The van der Waals surface area contributed by atoms with Crippen molar-refractivity contribution in [2.45, 2.75) is 33.6 Å². The minimum absolute atomic E-state index is 0.182. The lowest BCUT2D eigenvalue weighted by atomic mass is 10.1. The zero-order valence-electron chi connectivity index (χ0n) is 9.79. The molecule has 0 aromatic heterocycles. The molecule has 0 spiro atoms. The normalized spacial score (nSPS) is 10.1. The van der Waals surface area contributed by atoms with E-state index in [4.69, 9.17) is 0 Å². The zero-order chi connectivity index (χ0) is 11.3. The van der Waals surface area contributed by atoms with Gasteiger partial charge in [-0.25, -0.2) is 0 Å². The highest BCUT2D eigenvalue weighted by Crippen LogP contribution is 2.16. The first-order valence-electron chi connectivity index (χ1n) is 5.62. The van der Waals surface area contributed by atoms with Crippen LogP contribution in [0.4, 0.5) is 5.69 Å². The van der Waals surface area contributed by atoms with E-state index in [9.17, 15) is 4.79 Å². The molecule has 0 aliphatic rings.